The topological polar surface area (TPSA) is 113 Å². The quantitative estimate of drug-likeness (QED) is 0.293. The number of anilines is 1. The van der Waals surface area contributed by atoms with Crippen molar-refractivity contribution in [2.24, 2.45) is 0 Å². The highest BCUT2D eigenvalue weighted by molar-refractivity contribution is 14.1. The van der Waals surface area contributed by atoms with Crippen LogP contribution in [0.1, 0.15) is 15.9 Å². The molecule has 0 spiro atoms. The number of halogens is 5. The number of benzene rings is 3. The Kier molecular flexibility index (Phi) is 8.57. The van der Waals surface area contributed by atoms with Crippen LogP contribution in [0.25, 0.3) is 0 Å². The first kappa shape index (κ1) is 27.1. The summed E-state index contributed by atoms with van der Waals surface area (Å²) in [6.45, 7) is 0. The van der Waals surface area contributed by atoms with Crippen LogP contribution in [0.3, 0.4) is 0 Å². The van der Waals surface area contributed by atoms with E-state index in [0.717, 1.165) is 18.2 Å². The lowest BCUT2D eigenvalue weighted by atomic mass is 10.1. The minimum absolute atomic E-state index is 0.149. The van der Waals surface area contributed by atoms with Gasteiger partial charge in [-0.3, -0.25) is 9.52 Å². The van der Waals surface area contributed by atoms with E-state index in [1.165, 1.54) is 30.3 Å². The highest BCUT2D eigenvalue weighted by atomic mass is 127. The molecule has 13 heteroatoms. The van der Waals surface area contributed by atoms with Gasteiger partial charge in [0.2, 0.25) is 0 Å². The number of carboxylic acids is 1. The zero-order valence-electron chi connectivity index (χ0n) is 17.4. The molecule has 7 nitrogen and oxygen atoms in total. The zero-order valence-corrected chi connectivity index (χ0v) is 21.8. The summed E-state index contributed by atoms with van der Waals surface area (Å²) in [6, 6.07) is 9.63. The van der Waals surface area contributed by atoms with Gasteiger partial charge in [0.15, 0.2) is 4.90 Å². The van der Waals surface area contributed by atoms with Crippen molar-refractivity contribution in [1.82, 2.24) is 5.32 Å². The molecule has 0 saturated carbocycles. The van der Waals surface area contributed by atoms with E-state index < -0.39 is 44.5 Å². The van der Waals surface area contributed by atoms with E-state index in [1.54, 1.807) is 6.07 Å². The van der Waals surface area contributed by atoms with Gasteiger partial charge in [0.05, 0.1) is 21.3 Å². The van der Waals surface area contributed by atoms with Crippen molar-refractivity contribution < 1.29 is 31.9 Å². The summed E-state index contributed by atoms with van der Waals surface area (Å²) in [5.41, 5.74) is -0.0764. The number of carboxylic acid groups (broad SMARTS) is 1. The first-order chi connectivity index (χ1) is 16.4. The summed E-state index contributed by atoms with van der Waals surface area (Å²) in [5.74, 6) is -4.92. The molecule has 0 saturated heterocycles. The predicted octanol–water partition coefficient (Wildman–Crippen LogP) is 5.10. The predicted molar refractivity (Wildman–Crippen MR) is 135 cm³/mol. The lowest BCUT2D eigenvalue weighted by Crippen LogP contribution is -2.42. The van der Waals surface area contributed by atoms with Crippen molar-refractivity contribution in [2.75, 3.05) is 4.72 Å². The summed E-state index contributed by atoms with van der Waals surface area (Å²) >= 11 is 13.7. The maximum atomic E-state index is 14.1. The highest BCUT2D eigenvalue weighted by Crippen LogP contribution is 2.26. The van der Waals surface area contributed by atoms with E-state index in [2.05, 4.69) is 5.32 Å². The summed E-state index contributed by atoms with van der Waals surface area (Å²) in [4.78, 5) is 23.5. The Morgan fingerprint density at radius 3 is 2.26 bits per heavy atom. The molecule has 1 atom stereocenters. The Bertz CT molecular complexity index is 1400. The molecule has 1 unspecified atom stereocenters. The minimum Gasteiger partial charge on any atom is -0.480 e. The Morgan fingerprint density at radius 1 is 1.00 bits per heavy atom. The second kappa shape index (κ2) is 11.1. The van der Waals surface area contributed by atoms with Gasteiger partial charge in [-0.15, -0.1) is 0 Å². The Hall–Kier alpha value is -2.48. The molecule has 3 aromatic carbocycles. The maximum absolute atomic E-state index is 14.1. The van der Waals surface area contributed by atoms with Crippen molar-refractivity contribution in [3.8, 4) is 0 Å². The number of rotatable bonds is 8. The van der Waals surface area contributed by atoms with Gasteiger partial charge in [-0.2, -0.15) is 0 Å². The summed E-state index contributed by atoms with van der Waals surface area (Å²) in [6.07, 6.45) is -0.149. The third kappa shape index (κ3) is 6.60. The average molecular weight is 655 g/mol. The van der Waals surface area contributed by atoms with E-state index in [0.29, 0.717) is 9.13 Å². The number of sulfonamides is 1. The normalized spacial score (nSPS) is 12.1. The minimum atomic E-state index is -4.78. The molecule has 3 N–H and O–H groups in total. The van der Waals surface area contributed by atoms with E-state index >= 15 is 0 Å². The molecule has 3 aromatic rings. The van der Waals surface area contributed by atoms with Crippen LogP contribution in [0.4, 0.5) is 14.5 Å². The molecule has 0 fully saturated rings. The van der Waals surface area contributed by atoms with Gasteiger partial charge < -0.3 is 10.4 Å². The Morgan fingerprint density at radius 2 is 1.66 bits per heavy atom. The molecule has 35 heavy (non-hydrogen) atoms. The molecule has 3 rings (SSSR count). The second-order valence-corrected chi connectivity index (χ2v) is 10.8. The first-order valence-electron chi connectivity index (χ1n) is 9.63. The van der Waals surface area contributed by atoms with Gasteiger partial charge in [0.25, 0.3) is 15.9 Å². The monoisotopic (exact) mass is 654 g/mol. The maximum Gasteiger partial charge on any atom is 0.326 e. The third-order valence-corrected chi connectivity index (χ3v) is 7.51. The Balaban J connectivity index is 1.91. The number of amides is 1. The van der Waals surface area contributed by atoms with Crippen LogP contribution in [0.2, 0.25) is 10.0 Å². The van der Waals surface area contributed by atoms with Crippen molar-refractivity contribution in [1.29, 1.82) is 0 Å². The lowest BCUT2D eigenvalue weighted by Gasteiger charge is -2.18. The smallest absolute Gasteiger partial charge is 0.326 e. The van der Waals surface area contributed by atoms with Crippen molar-refractivity contribution >= 4 is 73.4 Å². The summed E-state index contributed by atoms with van der Waals surface area (Å²) in [7, 11) is -4.78. The molecule has 0 aromatic heterocycles. The van der Waals surface area contributed by atoms with Crippen LogP contribution in [-0.4, -0.2) is 31.4 Å². The third-order valence-electron chi connectivity index (χ3n) is 4.69. The second-order valence-electron chi connectivity index (χ2n) is 7.16. The SMILES string of the molecule is O=C(NC(Cc1ccc(Cl)c(Cl)c1)C(=O)O)c1ccc(I)cc1NS(=O)(=O)c1c(F)cccc1F. The number of carbonyl (C=O) groups is 2. The molecule has 0 bridgehead atoms. The number of hydrogen-bond acceptors (Lipinski definition) is 4. The Labute approximate surface area is 222 Å². The van der Waals surface area contributed by atoms with E-state index in [4.69, 9.17) is 23.2 Å². The molecular weight excluding hydrogens is 640 g/mol. The lowest BCUT2D eigenvalue weighted by molar-refractivity contribution is -0.139. The van der Waals surface area contributed by atoms with Crippen molar-refractivity contribution in [2.45, 2.75) is 17.4 Å². The molecule has 0 aliphatic rings. The fraction of sp³-hybridized carbons (Fsp3) is 0.0909. The van der Waals surface area contributed by atoms with Crippen molar-refractivity contribution in [3.63, 3.8) is 0 Å². The van der Waals surface area contributed by atoms with Crippen LogP contribution < -0.4 is 10.0 Å². The summed E-state index contributed by atoms with van der Waals surface area (Å²) < 4.78 is 56.1. The van der Waals surface area contributed by atoms with Crippen LogP contribution in [0, 0.1) is 15.2 Å². The molecule has 0 aliphatic heterocycles. The van der Waals surface area contributed by atoms with Crippen LogP contribution >= 0.6 is 45.8 Å². The van der Waals surface area contributed by atoms with Gasteiger partial charge in [0, 0.05) is 9.99 Å². The average Bonchev–Trinajstić information content (AvgIpc) is 2.75. The van der Waals surface area contributed by atoms with Crippen LogP contribution in [0.15, 0.2) is 59.5 Å². The number of aliphatic carboxylic acids is 1. The van der Waals surface area contributed by atoms with Gasteiger partial charge in [-0.05, 0) is 70.6 Å². The molecule has 1 amide bonds. The summed E-state index contributed by atoms with van der Waals surface area (Å²) in [5, 5.41) is 12.4. The largest absolute Gasteiger partial charge is 0.480 e. The number of hydrogen-bond donors (Lipinski definition) is 3. The van der Waals surface area contributed by atoms with Crippen LogP contribution in [-0.2, 0) is 21.2 Å². The molecule has 184 valence electrons. The number of nitrogens with one attached hydrogen (secondary N) is 2. The first-order valence-corrected chi connectivity index (χ1v) is 12.9. The van der Waals surface area contributed by atoms with Gasteiger partial charge in [-0.1, -0.05) is 35.3 Å². The van der Waals surface area contributed by atoms with E-state index in [9.17, 15) is 31.9 Å². The fourth-order valence-corrected chi connectivity index (χ4v) is 5.09. The highest BCUT2D eigenvalue weighted by Gasteiger charge is 2.27. The van der Waals surface area contributed by atoms with Gasteiger partial charge in [-0.25, -0.2) is 22.0 Å². The fourth-order valence-electron chi connectivity index (χ4n) is 3.07. The van der Waals surface area contributed by atoms with Gasteiger partial charge in [0.1, 0.15) is 17.7 Å². The van der Waals surface area contributed by atoms with E-state index in [-0.39, 0.29) is 27.7 Å². The number of carbonyl (C=O) groups excluding carboxylic acids is 1. The van der Waals surface area contributed by atoms with Crippen LogP contribution in [0.5, 0.6) is 0 Å². The molecule has 0 heterocycles. The van der Waals surface area contributed by atoms with Crippen molar-refractivity contribution in [3.05, 3.63) is 91.0 Å². The zero-order chi connectivity index (χ0) is 25.9. The molecular formula is C22H15Cl2F2IN2O5S. The molecule has 0 aliphatic carbocycles. The standard InChI is InChI=1S/C22H15Cl2F2IN2O5S/c23-14-7-4-11(8-15(14)24)9-19(22(31)32)28-21(30)13-6-5-12(27)10-18(13)29-35(33,34)20-16(25)2-1-3-17(20)26/h1-8,10,19,29H,9H2,(H,28,30)(H,31,32). The van der Waals surface area contributed by atoms with Gasteiger partial charge >= 0.3 is 5.97 Å². The molecule has 0 radical (unpaired) electrons. The van der Waals surface area contributed by atoms with E-state index in [1.807, 2.05) is 27.3 Å².